The second-order valence-electron chi connectivity index (χ2n) is 5.05. The molecule has 0 unspecified atom stereocenters. The van der Waals surface area contributed by atoms with Gasteiger partial charge in [-0.05, 0) is 30.0 Å². The molecule has 1 atom stereocenters. The van der Waals surface area contributed by atoms with Crippen LogP contribution in [0.15, 0.2) is 42.5 Å². The lowest BCUT2D eigenvalue weighted by atomic mass is 9.96. The maximum Gasteiger partial charge on any atom is 0.112 e. The zero-order chi connectivity index (χ0) is 11.5. The van der Waals surface area contributed by atoms with Gasteiger partial charge in [-0.2, -0.15) is 0 Å². The van der Waals surface area contributed by atoms with Crippen molar-refractivity contribution < 1.29 is 5.32 Å². The Morgan fingerprint density at radius 3 is 2.76 bits per heavy atom. The summed E-state index contributed by atoms with van der Waals surface area (Å²) < 4.78 is 0. The van der Waals surface area contributed by atoms with Gasteiger partial charge in [-0.15, -0.1) is 0 Å². The van der Waals surface area contributed by atoms with Crippen molar-refractivity contribution in [1.29, 1.82) is 0 Å². The first-order valence-electron chi connectivity index (χ1n) is 6.76. The molecule has 1 heterocycles. The molecule has 0 radical (unpaired) electrons. The summed E-state index contributed by atoms with van der Waals surface area (Å²) in [5.74, 6) is 0. The number of quaternary nitrogens is 1. The maximum absolute atomic E-state index is 2.54. The van der Waals surface area contributed by atoms with Crippen molar-refractivity contribution in [2.45, 2.75) is 31.7 Å². The van der Waals surface area contributed by atoms with Crippen LogP contribution in [0.25, 0.3) is 10.8 Å². The monoisotopic (exact) mass is 226 g/mol. The summed E-state index contributed by atoms with van der Waals surface area (Å²) in [6.45, 7) is 1.29. The third-order valence-electron chi connectivity index (χ3n) is 3.89. The molecular formula is C16H20N+. The van der Waals surface area contributed by atoms with Crippen molar-refractivity contribution in [2.24, 2.45) is 0 Å². The highest BCUT2D eigenvalue weighted by atomic mass is 14.9. The minimum absolute atomic E-state index is 0.670. The molecule has 88 valence electrons. The van der Waals surface area contributed by atoms with Crippen LogP contribution < -0.4 is 5.32 Å². The van der Waals surface area contributed by atoms with Crippen LogP contribution in [0.1, 0.15) is 37.3 Å². The van der Waals surface area contributed by atoms with Gasteiger partial charge in [0.15, 0.2) is 0 Å². The zero-order valence-electron chi connectivity index (χ0n) is 10.2. The molecule has 1 fully saturated rings. The number of fused-ring (bicyclic) bond motifs is 1. The standard InChI is InChI=1S/C16H19N/c1-2-11-16(17-12-5-1)15-10-6-8-13-7-3-4-9-14(13)15/h3-4,6-10,16-17H,1-2,5,11-12H2/p+1/t16-/m0/s1. The van der Waals surface area contributed by atoms with Crippen molar-refractivity contribution in [3.8, 4) is 0 Å². The summed E-state index contributed by atoms with van der Waals surface area (Å²) in [6.07, 6.45) is 5.48. The van der Waals surface area contributed by atoms with E-state index in [2.05, 4.69) is 47.8 Å². The molecule has 1 heteroatoms. The lowest BCUT2D eigenvalue weighted by Crippen LogP contribution is -2.84. The number of hydrogen-bond donors (Lipinski definition) is 1. The second kappa shape index (κ2) is 4.89. The minimum atomic E-state index is 0.670. The van der Waals surface area contributed by atoms with Crippen LogP contribution >= 0.6 is 0 Å². The van der Waals surface area contributed by atoms with E-state index in [1.54, 1.807) is 0 Å². The van der Waals surface area contributed by atoms with Gasteiger partial charge >= 0.3 is 0 Å². The van der Waals surface area contributed by atoms with Gasteiger partial charge in [0, 0.05) is 12.0 Å². The van der Waals surface area contributed by atoms with Crippen molar-refractivity contribution in [2.75, 3.05) is 6.54 Å². The molecular weight excluding hydrogens is 206 g/mol. The Hall–Kier alpha value is -1.34. The quantitative estimate of drug-likeness (QED) is 0.770. The number of nitrogens with two attached hydrogens (primary N) is 1. The van der Waals surface area contributed by atoms with Crippen LogP contribution in [-0.2, 0) is 0 Å². The molecule has 1 aliphatic rings. The van der Waals surface area contributed by atoms with Crippen LogP contribution in [0.5, 0.6) is 0 Å². The van der Waals surface area contributed by atoms with Crippen LogP contribution in [0, 0.1) is 0 Å². The lowest BCUT2D eigenvalue weighted by molar-refractivity contribution is -0.694. The SMILES string of the molecule is c1ccc2c([C@@H]3CCCCC[NH2+]3)cccc2c1. The fourth-order valence-corrected chi connectivity index (χ4v) is 2.98. The predicted molar refractivity (Wildman–Crippen MR) is 71.9 cm³/mol. The largest absolute Gasteiger partial charge is 0.340 e. The smallest absolute Gasteiger partial charge is 0.112 e. The van der Waals surface area contributed by atoms with E-state index < -0.39 is 0 Å². The molecule has 1 saturated heterocycles. The fraction of sp³-hybridized carbons (Fsp3) is 0.375. The summed E-state index contributed by atoms with van der Waals surface area (Å²) in [5, 5.41) is 5.36. The van der Waals surface area contributed by atoms with Gasteiger partial charge in [-0.3, -0.25) is 0 Å². The average molecular weight is 226 g/mol. The topological polar surface area (TPSA) is 16.6 Å². The van der Waals surface area contributed by atoms with Gasteiger partial charge in [-0.25, -0.2) is 0 Å². The van der Waals surface area contributed by atoms with E-state index in [0.29, 0.717) is 6.04 Å². The molecule has 3 rings (SSSR count). The molecule has 0 aromatic heterocycles. The van der Waals surface area contributed by atoms with Crippen LogP contribution in [0.4, 0.5) is 0 Å². The molecule has 17 heavy (non-hydrogen) atoms. The van der Waals surface area contributed by atoms with Gasteiger partial charge in [0.2, 0.25) is 0 Å². The normalized spacial score (nSPS) is 21.3. The summed E-state index contributed by atoms with van der Waals surface area (Å²) in [5.41, 5.74) is 1.53. The average Bonchev–Trinajstić information content (AvgIpc) is 2.67. The molecule has 0 bridgehead atoms. The molecule has 0 aliphatic carbocycles. The summed E-state index contributed by atoms with van der Waals surface area (Å²) in [7, 11) is 0. The van der Waals surface area contributed by atoms with E-state index in [4.69, 9.17) is 0 Å². The van der Waals surface area contributed by atoms with Crippen molar-refractivity contribution in [3.05, 3.63) is 48.0 Å². The Balaban J connectivity index is 2.03. The van der Waals surface area contributed by atoms with Crippen molar-refractivity contribution >= 4 is 10.8 Å². The van der Waals surface area contributed by atoms with Crippen LogP contribution in [0.2, 0.25) is 0 Å². The Bertz CT molecular complexity index is 490. The van der Waals surface area contributed by atoms with Crippen LogP contribution in [0.3, 0.4) is 0 Å². The fourth-order valence-electron chi connectivity index (χ4n) is 2.98. The zero-order valence-corrected chi connectivity index (χ0v) is 10.2. The Labute approximate surface area is 103 Å². The van der Waals surface area contributed by atoms with Gasteiger partial charge in [0.25, 0.3) is 0 Å². The first-order valence-corrected chi connectivity index (χ1v) is 6.76. The van der Waals surface area contributed by atoms with Crippen molar-refractivity contribution in [3.63, 3.8) is 0 Å². The number of rotatable bonds is 1. The van der Waals surface area contributed by atoms with E-state index >= 15 is 0 Å². The van der Waals surface area contributed by atoms with Gasteiger partial charge < -0.3 is 5.32 Å². The minimum Gasteiger partial charge on any atom is -0.340 e. The van der Waals surface area contributed by atoms with Crippen LogP contribution in [-0.4, -0.2) is 6.54 Å². The molecule has 2 aromatic carbocycles. The first-order chi connectivity index (χ1) is 8.45. The third-order valence-corrected chi connectivity index (χ3v) is 3.89. The lowest BCUT2D eigenvalue weighted by Gasteiger charge is -2.15. The van der Waals surface area contributed by atoms with E-state index in [-0.39, 0.29) is 0 Å². The predicted octanol–water partition coefficient (Wildman–Crippen LogP) is 3.02. The highest BCUT2D eigenvalue weighted by Gasteiger charge is 2.18. The van der Waals surface area contributed by atoms with E-state index in [1.165, 1.54) is 48.6 Å². The highest BCUT2D eigenvalue weighted by molar-refractivity contribution is 5.85. The van der Waals surface area contributed by atoms with Gasteiger partial charge in [0.05, 0.1) is 6.54 Å². The van der Waals surface area contributed by atoms with E-state index in [1.807, 2.05) is 0 Å². The van der Waals surface area contributed by atoms with E-state index in [9.17, 15) is 0 Å². The Kier molecular flexibility index (Phi) is 3.10. The number of hydrogen-bond acceptors (Lipinski definition) is 0. The summed E-state index contributed by atoms with van der Waals surface area (Å²) in [6, 6.07) is 16.2. The Morgan fingerprint density at radius 1 is 0.882 bits per heavy atom. The molecule has 0 amide bonds. The Morgan fingerprint density at radius 2 is 1.76 bits per heavy atom. The first kappa shape index (κ1) is 10.8. The van der Waals surface area contributed by atoms with Gasteiger partial charge in [-0.1, -0.05) is 42.5 Å². The second-order valence-corrected chi connectivity index (χ2v) is 5.05. The molecule has 1 aliphatic heterocycles. The molecule has 1 nitrogen and oxygen atoms in total. The number of benzene rings is 2. The summed E-state index contributed by atoms with van der Waals surface area (Å²) in [4.78, 5) is 0. The molecule has 0 spiro atoms. The molecule has 2 N–H and O–H groups in total. The van der Waals surface area contributed by atoms with Crippen molar-refractivity contribution in [1.82, 2.24) is 0 Å². The molecule has 0 saturated carbocycles. The maximum atomic E-state index is 2.54. The van der Waals surface area contributed by atoms with E-state index in [0.717, 1.165) is 0 Å². The summed E-state index contributed by atoms with van der Waals surface area (Å²) >= 11 is 0. The third kappa shape index (κ3) is 2.20. The highest BCUT2D eigenvalue weighted by Crippen LogP contribution is 2.26. The van der Waals surface area contributed by atoms with Gasteiger partial charge in [0.1, 0.15) is 6.04 Å². The molecule has 2 aromatic rings.